The van der Waals surface area contributed by atoms with Crippen molar-refractivity contribution in [2.75, 3.05) is 24.5 Å². The second-order valence-electron chi connectivity index (χ2n) is 7.68. The van der Waals surface area contributed by atoms with Gasteiger partial charge in [0.2, 0.25) is 11.8 Å². The van der Waals surface area contributed by atoms with Crippen molar-refractivity contribution in [3.05, 3.63) is 71.6 Å². The third-order valence-electron chi connectivity index (χ3n) is 5.81. The van der Waals surface area contributed by atoms with Gasteiger partial charge in [0.1, 0.15) is 5.82 Å². The number of carbonyl (C=O) groups is 2. The minimum absolute atomic E-state index is 0.0111. The van der Waals surface area contributed by atoms with E-state index in [9.17, 15) is 14.0 Å². The Kier molecular flexibility index (Phi) is 5.74. The highest BCUT2D eigenvalue weighted by Crippen LogP contribution is 2.32. The Labute approximate surface area is 170 Å². The van der Waals surface area contributed by atoms with Gasteiger partial charge in [0.15, 0.2) is 0 Å². The number of amides is 2. The minimum atomic E-state index is -0.325. The number of hydrogen-bond donors (Lipinski definition) is 0. The maximum Gasteiger partial charge on any atom is 0.246 e. The number of halogens is 1. The molecule has 4 rings (SSSR count). The van der Waals surface area contributed by atoms with Crippen LogP contribution < -0.4 is 4.90 Å². The summed E-state index contributed by atoms with van der Waals surface area (Å²) >= 11 is 0. The van der Waals surface area contributed by atoms with E-state index in [2.05, 4.69) is 0 Å². The molecule has 0 atom stereocenters. The van der Waals surface area contributed by atoms with Gasteiger partial charge in [-0.05, 0) is 49.0 Å². The largest absolute Gasteiger partial charge is 0.339 e. The summed E-state index contributed by atoms with van der Waals surface area (Å²) in [7, 11) is 0. The molecule has 4 nitrogen and oxygen atoms in total. The number of likely N-dealkylation sites (tertiary alicyclic amines) is 1. The van der Waals surface area contributed by atoms with Crippen LogP contribution in [0.5, 0.6) is 0 Å². The summed E-state index contributed by atoms with van der Waals surface area (Å²) in [6.45, 7) is 1.66. The van der Waals surface area contributed by atoms with Crippen molar-refractivity contribution in [3.63, 3.8) is 0 Å². The van der Waals surface area contributed by atoms with Gasteiger partial charge in [-0.1, -0.05) is 42.5 Å². The Morgan fingerprint density at radius 1 is 0.966 bits per heavy atom. The SMILES string of the molecule is O=C(C=Cc1ccccc1)N1CCC(C(=O)N2CCCc3cccc(F)c32)CC1. The highest BCUT2D eigenvalue weighted by Gasteiger charge is 2.33. The predicted molar refractivity (Wildman–Crippen MR) is 112 cm³/mol. The molecule has 1 fully saturated rings. The number of piperidine rings is 1. The van der Waals surface area contributed by atoms with Crippen LogP contribution in [0.15, 0.2) is 54.6 Å². The zero-order chi connectivity index (χ0) is 20.2. The average molecular weight is 392 g/mol. The Balaban J connectivity index is 1.37. The van der Waals surface area contributed by atoms with Crippen molar-refractivity contribution >= 4 is 23.6 Å². The summed E-state index contributed by atoms with van der Waals surface area (Å²) in [4.78, 5) is 29.0. The van der Waals surface area contributed by atoms with Crippen LogP contribution in [-0.2, 0) is 16.0 Å². The van der Waals surface area contributed by atoms with Gasteiger partial charge >= 0.3 is 0 Å². The molecule has 0 aromatic heterocycles. The highest BCUT2D eigenvalue weighted by molar-refractivity contribution is 5.97. The van der Waals surface area contributed by atoms with E-state index in [4.69, 9.17) is 0 Å². The molecule has 0 unspecified atom stereocenters. The first-order valence-electron chi connectivity index (χ1n) is 10.2. The van der Waals surface area contributed by atoms with Crippen LogP contribution in [0.3, 0.4) is 0 Å². The van der Waals surface area contributed by atoms with E-state index in [0.717, 1.165) is 24.0 Å². The van der Waals surface area contributed by atoms with Crippen LogP contribution in [-0.4, -0.2) is 36.3 Å². The molecule has 2 aliphatic heterocycles. The van der Waals surface area contributed by atoms with E-state index in [1.165, 1.54) is 6.07 Å². The van der Waals surface area contributed by atoms with Gasteiger partial charge in [0, 0.05) is 31.6 Å². The van der Waals surface area contributed by atoms with E-state index in [-0.39, 0.29) is 23.5 Å². The van der Waals surface area contributed by atoms with Crippen LogP contribution in [0, 0.1) is 11.7 Å². The van der Waals surface area contributed by atoms with Crippen LogP contribution in [0.4, 0.5) is 10.1 Å². The summed E-state index contributed by atoms with van der Waals surface area (Å²) < 4.78 is 14.4. The van der Waals surface area contributed by atoms with Crippen molar-refractivity contribution < 1.29 is 14.0 Å². The number of nitrogens with zero attached hydrogens (tertiary/aromatic N) is 2. The first-order valence-corrected chi connectivity index (χ1v) is 10.2. The predicted octanol–water partition coefficient (Wildman–Crippen LogP) is 4.06. The molecule has 2 aliphatic rings. The monoisotopic (exact) mass is 392 g/mol. The second-order valence-corrected chi connectivity index (χ2v) is 7.68. The zero-order valence-corrected chi connectivity index (χ0v) is 16.4. The third kappa shape index (κ3) is 4.24. The Morgan fingerprint density at radius 3 is 2.48 bits per heavy atom. The molecule has 2 amide bonds. The van der Waals surface area contributed by atoms with E-state index in [1.807, 2.05) is 42.5 Å². The fourth-order valence-electron chi connectivity index (χ4n) is 4.23. The van der Waals surface area contributed by atoms with Crippen LogP contribution in [0.25, 0.3) is 6.08 Å². The molecule has 0 aliphatic carbocycles. The fourth-order valence-corrected chi connectivity index (χ4v) is 4.23. The molecule has 0 spiro atoms. The van der Waals surface area contributed by atoms with E-state index >= 15 is 0 Å². The molecule has 2 heterocycles. The molecule has 0 bridgehead atoms. The van der Waals surface area contributed by atoms with Gasteiger partial charge in [-0.25, -0.2) is 4.39 Å². The van der Waals surface area contributed by atoms with Gasteiger partial charge in [0.05, 0.1) is 5.69 Å². The lowest BCUT2D eigenvalue weighted by Crippen LogP contribution is -2.45. The summed E-state index contributed by atoms with van der Waals surface area (Å²) in [5, 5.41) is 0. The first kappa shape index (κ1) is 19.4. The normalized spacial score (nSPS) is 17.4. The molecule has 5 heteroatoms. The maximum absolute atomic E-state index is 14.4. The smallest absolute Gasteiger partial charge is 0.246 e. The van der Waals surface area contributed by atoms with E-state index in [0.29, 0.717) is 38.2 Å². The summed E-state index contributed by atoms with van der Waals surface area (Å²) in [5.74, 6) is -0.533. The summed E-state index contributed by atoms with van der Waals surface area (Å²) in [5.41, 5.74) is 2.34. The highest BCUT2D eigenvalue weighted by atomic mass is 19.1. The number of anilines is 1. The fraction of sp³-hybridized carbons (Fsp3) is 0.333. The average Bonchev–Trinajstić information content (AvgIpc) is 2.77. The first-order chi connectivity index (χ1) is 14.1. The van der Waals surface area contributed by atoms with Crippen molar-refractivity contribution in [2.45, 2.75) is 25.7 Å². The van der Waals surface area contributed by atoms with Crippen molar-refractivity contribution in [1.29, 1.82) is 0 Å². The molecular formula is C24H25FN2O2. The molecule has 29 heavy (non-hydrogen) atoms. The van der Waals surface area contributed by atoms with Gasteiger partial charge in [-0.3, -0.25) is 9.59 Å². The number of hydrogen-bond acceptors (Lipinski definition) is 2. The zero-order valence-electron chi connectivity index (χ0n) is 16.4. The Bertz CT molecular complexity index is 918. The van der Waals surface area contributed by atoms with E-state index in [1.54, 1.807) is 21.9 Å². The van der Waals surface area contributed by atoms with Crippen molar-refractivity contribution in [3.8, 4) is 0 Å². The van der Waals surface area contributed by atoms with Crippen LogP contribution >= 0.6 is 0 Å². The minimum Gasteiger partial charge on any atom is -0.339 e. The van der Waals surface area contributed by atoms with Gasteiger partial charge in [-0.2, -0.15) is 0 Å². The topological polar surface area (TPSA) is 40.6 Å². The molecule has 2 aromatic rings. The maximum atomic E-state index is 14.4. The standard InChI is InChI=1S/C24H25FN2O2/c25-21-10-4-8-19-9-5-15-27(23(19)21)24(29)20-13-16-26(17-14-20)22(28)12-11-18-6-2-1-3-7-18/h1-4,6-8,10-12,20H,5,9,13-17H2. The quantitative estimate of drug-likeness (QED) is 0.739. The molecule has 1 saturated heterocycles. The van der Waals surface area contributed by atoms with Gasteiger partial charge in [0.25, 0.3) is 0 Å². The number of rotatable bonds is 3. The lowest BCUT2D eigenvalue weighted by Gasteiger charge is -2.36. The van der Waals surface area contributed by atoms with Gasteiger partial charge < -0.3 is 9.80 Å². The second kappa shape index (κ2) is 8.60. The van der Waals surface area contributed by atoms with Crippen LogP contribution in [0.1, 0.15) is 30.4 Å². The number of para-hydroxylation sites is 1. The number of fused-ring (bicyclic) bond motifs is 1. The lowest BCUT2D eigenvalue weighted by atomic mass is 9.93. The Hall–Kier alpha value is -2.95. The molecule has 0 N–H and O–H groups in total. The third-order valence-corrected chi connectivity index (χ3v) is 5.81. The molecule has 0 radical (unpaired) electrons. The van der Waals surface area contributed by atoms with Crippen molar-refractivity contribution in [2.24, 2.45) is 5.92 Å². The lowest BCUT2D eigenvalue weighted by molar-refractivity contribution is -0.131. The Morgan fingerprint density at radius 2 is 1.72 bits per heavy atom. The number of carbonyl (C=O) groups excluding carboxylic acids is 2. The number of benzene rings is 2. The van der Waals surface area contributed by atoms with E-state index < -0.39 is 0 Å². The summed E-state index contributed by atoms with van der Waals surface area (Å²) in [6, 6.07) is 14.7. The van der Waals surface area contributed by atoms with Crippen molar-refractivity contribution in [1.82, 2.24) is 4.90 Å². The molecule has 150 valence electrons. The molecule has 2 aromatic carbocycles. The van der Waals surface area contributed by atoms with Gasteiger partial charge in [-0.15, -0.1) is 0 Å². The number of aryl methyl sites for hydroxylation is 1. The molecular weight excluding hydrogens is 367 g/mol. The summed E-state index contributed by atoms with van der Waals surface area (Å²) in [6.07, 6.45) is 6.29. The van der Waals surface area contributed by atoms with Crippen LogP contribution in [0.2, 0.25) is 0 Å². The molecule has 0 saturated carbocycles.